The Morgan fingerprint density at radius 3 is 2.21 bits per heavy atom. The summed E-state index contributed by atoms with van der Waals surface area (Å²) in [6, 6.07) is 15.0. The molecule has 0 spiro atoms. The van der Waals surface area contributed by atoms with Gasteiger partial charge in [0.1, 0.15) is 11.4 Å². The number of rotatable bonds is 5. The number of benzene rings is 2. The van der Waals surface area contributed by atoms with Gasteiger partial charge in [0.15, 0.2) is 0 Å². The Kier molecular flexibility index (Phi) is 4.78. The van der Waals surface area contributed by atoms with E-state index >= 15 is 0 Å². The normalized spacial score (nSPS) is 27.6. The quantitative estimate of drug-likeness (QED) is 0.618. The van der Waals surface area contributed by atoms with Crippen LogP contribution >= 0.6 is 0 Å². The first-order chi connectivity index (χ1) is 16.0. The Balaban J connectivity index is 1.32. The second kappa shape index (κ2) is 7.72. The van der Waals surface area contributed by atoms with Crippen molar-refractivity contribution in [3.63, 3.8) is 0 Å². The minimum Gasteiger partial charge on any atom is -0.497 e. The number of fused-ring (bicyclic) bond motifs is 1. The summed E-state index contributed by atoms with van der Waals surface area (Å²) in [4.78, 5) is 27.5. The summed E-state index contributed by atoms with van der Waals surface area (Å²) in [5.41, 5.74) is 4.16. The highest BCUT2D eigenvalue weighted by Gasteiger charge is 2.51. The van der Waals surface area contributed by atoms with E-state index in [9.17, 15) is 9.59 Å². The Hall–Kier alpha value is -3.15. The molecule has 0 atom stereocenters. The van der Waals surface area contributed by atoms with E-state index in [4.69, 9.17) is 4.74 Å². The van der Waals surface area contributed by atoms with Crippen LogP contribution in [0.25, 0.3) is 22.0 Å². The zero-order chi connectivity index (χ0) is 22.6. The minimum atomic E-state index is -0.304. The molecule has 3 aromatic rings. The second-order valence-corrected chi connectivity index (χ2v) is 10.5. The average Bonchev–Trinajstić information content (AvgIpc) is 2.80. The number of hydrogen-bond acceptors (Lipinski definition) is 4. The molecule has 170 valence electrons. The largest absolute Gasteiger partial charge is 0.497 e. The van der Waals surface area contributed by atoms with E-state index in [-0.39, 0.29) is 16.9 Å². The van der Waals surface area contributed by atoms with Gasteiger partial charge in [0, 0.05) is 17.4 Å². The molecular formula is C27H29N3O3. The fourth-order valence-electron chi connectivity index (χ4n) is 7.23. The molecule has 0 unspecified atom stereocenters. The van der Waals surface area contributed by atoms with Crippen molar-refractivity contribution in [2.24, 2.45) is 23.2 Å². The van der Waals surface area contributed by atoms with Crippen molar-refractivity contribution in [3.05, 3.63) is 58.9 Å². The van der Waals surface area contributed by atoms with Gasteiger partial charge in [-0.1, -0.05) is 18.2 Å². The van der Waals surface area contributed by atoms with Gasteiger partial charge >= 0.3 is 0 Å². The predicted octanol–water partition coefficient (Wildman–Crippen LogP) is 4.75. The van der Waals surface area contributed by atoms with Crippen LogP contribution < -0.4 is 15.7 Å². The zero-order valence-corrected chi connectivity index (χ0v) is 18.9. The Morgan fingerprint density at radius 2 is 1.61 bits per heavy atom. The van der Waals surface area contributed by atoms with Crippen LogP contribution in [0, 0.1) is 23.2 Å². The molecule has 1 amide bonds. The minimum absolute atomic E-state index is 0.109. The maximum absolute atomic E-state index is 13.2. The van der Waals surface area contributed by atoms with Crippen molar-refractivity contribution >= 4 is 16.7 Å². The number of nitrogens with zero attached hydrogens (tertiary/aromatic N) is 2. The van der Waals surface area contributed by atoms with Crippen molar-refractivity contribution in [3.8, 4) is 17.0 Å². The molecule has 1 N–H and O–H groups in total. The topological polar surface area (TPSA) is 73.2 Å². The molecule has 6 nitrogen and oxygen atoms in total. The molecular weight excluding hydrogens is 414 g/mol. The number of carbonyl (C=O) groups excluding carboxylic acids is 1. The van der Waals surface area contributed by atoms with Crippen LogP contribution in [0.15, 0.2) is 53.3 Å². The zero-order valence-electron chi connectivity index (χ0n) is 18.9. The molecule has 7 rings (SSSR count). The third-order valence-corrected chi connectivity index (χ3v) is 8.10. The van der Waals surface area contributed by atoms with Gasteiger partial charge in [-0.05, 0) is 92.0 Å². The van der Waals surface area contributed by atoms with Crippen LogP contribution in [0.3, 0.4) is 0 Å². The highest BCUT2D eigenvalue weighted by molar-refractivity contribution is 5.94. The van der Waals surface area contributed by atoms with Gasteiger partial charge in [0.2, 0.25) is 5.91 Å². The summed E-state index contributed by atoms with van der Waals surface area (Å²) < 4.78 is 5.27. The molecule has 1 heterocycles. The van der Waals surface area contributed by atoms with Crippen molar-refractivity contribution < 1.29 is 9.53 Å². The van der Waals surface area contributed by atoms with E-state index in [1.54, 1.807) is 13.2 Å². The highest BCUT2D eigenvalue weighted by Crippen LogP contribution is 2.61. The van der Waals surface area contributed by atoms with Gasteiger partial charge in [-0.2, -0.15) is 0 Å². The molecule has 4 aliphatic carbocycles. The van der Waals surface area contributed by atoms with E-state index in [0.717, 1.165) is 58.5 Å². The number of ether oxygens (including phenoxy) is 1. The van der Waals surface area contributed by atoms with E-state index in [1.807, 2.05) is 42.5 Å². The number of methoxy groups -OCH3 is 1. The van der Waals surface area contributed by atoms with Gasteiger partial charge in [-0.15, -0.1) is 9.89 Å². The van der Waals surface area contributed by atoms with Crippen LogP contribution in [0.4, 0.5) is 0 Å². The third kappa shape index (κ3) is 3.62. The molecule has 4 aliphatic rings. The van der Waals surface area contributed by atoms with E-state index < -0.39 is 0 Å². The summed E-state index contributed by atoms with van der Waals surface area (Å²) in [5, 5.41) is 5.89. The van der Waals surface area contributed by atoms with E-state index in [2.05, 4.69) is 10.5 Å². The van der Waals surface area contributed by atoms with Crippen molar-refractivity contribution in [2.45, 2.75) is 44.9 Å². The lowest BCUT2D eigenvalue weighted by Crippen LogP contribution is -2.48. The molecule has 2 aromatic carbocycles. The van der Waals surface area contributed by atoms with Crippen LogP contribution in [0.1, 0.15) is 44.9 Å². The Labute approximate surface area is 192 Å². The maximum Gasteiger partial charge on any atom is 0.294 e. The van der Waals surface area contributed by atoms with Crippen LogP contribution in [0.5, 0.6) is 5.75 Å². The number of nitrogens with one attached hydrogen (secondary N) is 1. The summed E-state index contributed by atoms with van der Waals surface area (Å²) in [6.45, 7) is 0. The molecule has 0 radical (unpaired) electrons. The molecule has 0 aliphatic heterocycles. The molecule has 4 bridgehead atoms. The van der Waals surface area contributed by atoms with Gasteiger partial charge in [0.05, 0.1) is 12.5 Å². The van der Waals surface area contributed by atoms with Gasteiger partial charge in [-0.25, -0.2) is 5.43 Å². The van der Waals surface area contributed by atoms with Crippen LogP contribution in [-0.2, 0) is 4.79 Å². The highest BCUT2D eigenvalue weighted by atomic mass is 16.5. The first-order valence-electron chi connectivity index (χ1n) is 12.0. The number of carbonyl (C=O) groups is 1. The van der Waals surface area contributed by atoms with Crippen molar-refractivity contribution in [2.75, 3.05) is 12.5 Å². The standard InChI is InChI=1S/C27H29N3O3/c1-33-21-8-6-20(7-9-21)25-22-4-2-3-5-23(22)26(32)30(29-25)28-24(31)16-27-13-17-10-18(14-27)12-19(11-17)15-27/h2-9,17-19H,10-16H2,1H3,(H,28,31). The third-order valence-electron chi connectivity index (χ3n) is 8.10. The second-order valence-electron chi connectivity index (χ2n) is 10.5. The monoisotopic (exact) mass is 443 g/mol. The summed E-state index contributed by atoms with van der Waals surface area (Å²) >= 11 is 0. The molecule has 1 aromatic heterocycles. The predicted molar refractivity (Wildman–Crippen MR) is 128 cm³/mol. The Morgan fingerprint density at radius 1 is 1.00 bits per heavy atom. The van der Waals surface area contributed by atoms with Crippen LogP contribution in [0.2, 0.25) is 0 Å². The summed E-state index contributed by atoms with van der Waals surface area (Å²) in [7, 11) is 1.63. The fourth-order valence-corrected chi connectivity index (χ4v) is 7.23. The summed E-state index contributed by atoms with van der Waals surface area (Å²) in [6.07, 6.45) is 7.99. The first-order valence-corrected chi connectivity index (χ1v) is 12.0. The SMILES string of the molecule is COc1ccc(-c2nn(NC(=O)CC34CC5CC(CC(C5)C3)C4)c(=O)c3ccccc23)cc1. The first kappa shape index (κ1) is 20.5. The Bertz CT molecular complexity index is 1240. The number of aromatic nitrogens is 2. The smallest absolute Gasteiger partial charge is 0.294 e. The lowest BCUT2D eigenvalue weighted by molar-refractivity contribution is -0.125. The van der Waals surface area contributed by atoms with Gasteiger partial charge in [0.25, 0.3) is 5.56 Å². The van der Waals surface area contributed by atoms with Gasteiger partial charge in [-0.3, -0.25) is 9.59 Å². The van der Waals surface area contributed by atoms with Crippen molar-refractivity contribution in [1.82, 2.24) is 9.89 Å². The van der Waals surface area contributed by atoms with Crippen LogP contribution in [-0.4, -0.2) is 22.9 Å². The fraction of sp³-hybridized carbons (Fsp3) is 0.444. The lowest BCUT2D eigenvalue weighted by Gasteiger charge is -2.56. The number of amides is 1. The molecule has 4 saturated carbocycles. The molecule has 4 fully saturated rings. The lowest BCUT2D eigenvalue weighted by atomic mass is 9.49. The molecule has 0 saturated heterocycles. The number of hydrogen-bond donors (Lipinski definition) is 1. The molecule has 33 heavy (non-hydrogen) atoms. The van der Waals surface area contributed by atoms with Gasteiger partial charge < -0.3 is 4.74 Å². The maximum atomic E-state index is 13.2. The van der Waals surface area contributed by atoms with Crippen molar-refractivity contribution in [1.29, 1.82) is 0 Å². The average molecular weight is 444 g/mol. The van der Waals surface area contributed by atoms with E-state index in [1.165, 1.54) is 19.3 Å². The molecule has 6 heteroatoms. The van der Waals surface area contributed by atoms with E-state index in [0.29, 0.717) is 17.5 Å². The summed E-state index contributed by atoms with van der Waals surface area (Å²) in [5.74, 6) is 2.99.